The lowest BCUT2D eigenvalue weighted by Gasteiger charge is -2.09. The first-order valence-corrected chi connectivity index (χ1v) is 12.1. The lowest BCUT2D eigenvalue weighted by atomic mass is 10.0. The van der Waals surface area contributed by atoms with Gasteiger partial charge in [-0.3, -0.25) is 9.59 Å². The fraction of sp³-hybridized carbons (Fsp3) is 0.200. The number of hydrogen-bond donors (Lipinski definition) is 1. The average Bonchev–Trinajstić information content (AvgIpc) is 3.35. The zero-order valence-corrected chi connectivity index (χ0v) is 20.9. The summed E-state index contributed by atoms with van der Waals surface area (Å²) in [4.78, 5) is 25.7. The van der Waals surface area contributed by atoms with E-state index in [2.05, 4.69) is 5.32 Å². The van der Waals surface area contributed by atoms with E-state index in [1.165, 1.54) is 0 Å². The van der Waals surface area contributed by atoms with Gasteiger partial charge in [0.2, 0.25) is 5.91 Å². The van der Waals surface area contributed by atoms with Crippen molar-refractivity contribution in [1.29, 1.82) is 0 Å². The van der Waals surface area contributed by atoms with E-state index in [0.717, 1.165) is 5.56 Å². The van der Waals surface area contributed by atoms with Crippen LogP contribution in [0.5, 0.6) is 0 Å². The molecule has 0 bridgehead atoms. The Bertz CT molecular complexity index is 1190. The fourth-order valence-corrected chi connectivity index (χ4v) is 5.49. The van der Waals surface area contributed by atoms with Gasteiger partial charge in [0.25, 0.3) is 0 Å². The lowest BCUT2D eigenvalue weighted by Crippen LogP contribution is -2.17. The highest BCUT2D eigenvalue weighted by atomic mass is 35.5. The van der Waals surface area contributed by atoms with Gasteiger partial charge in [-0.15, -0.1) is 23.2 Å². The number of carbonyl (C=O) groups is 2. The topological polar surface area (TPSA) is 46.2 Å². The Morgan fingerprint density at radius 2 is 1.55 bits per heavy atom. The number of hydrogen-bond acceptors (Lipinski definition) is 2. The Labute approximate surface area is 216 Å². The summed E-state index contributed by atoms with van der Waals surface area (Å²) >= 11 is 31.3. The molecule has 0 saturated heterocycles. The average molecular weight is 542 g/mol. The molecule has 0 aliphatic heterocycles. The molecule has 3 aromatic carbocycles. The monoisotopic (exact) mass is 539 g/mol. The van der Waals surface area contributed by atoms with Crippen molar-refractivity contribution in [2.24, 2.45) is 5.92 Å². The summed E-state index contributed by atoms with van der Waals surface area (Å²) in [6, 6.07) is 19.5. The van der Waals surface area contributed by atoms with Gasteiger partial charge < -0.3 is 5.32 Å². The predicted molar refractivity (Wildman–Crippen MR) is 136 cm³/mol. The molecule has 3 aromatic rings. The molecular weight excluding hydrogens is 524 g/mol. The van der Waals surface area contributed by atoms with Crippen LogP contribution in [0, 0.1) is 5.92 Å². The molecule has 8 heteroatoms. The maximum Gasteiger partial charge on any atom is 0.231 e. The van der Waals surface area contributed by atoms with Crippen molar-refractivity contribution < 1.29 is 9.59 Å². The van der Waals surface area contributed by atoms with Crippen molar-refractivity contribution in [2.75, 3.05) is 5.32 Å². The molecule has 3 nitrogen and oxygen atoms in total. The Morgan fingerprint density at radius 1 is 0.879 bits per heavy atom. The van der Waals surface area contributed by atoms with Crippen LogP contribution < -0.4 is 5.32 Å². The molecule has 1 amide bonds. The zero-order chi connectivity index (χ0) is 23.8. The first-order valence-electron chi connectivity index (χ1n) is 10.2. The number of anilines is 1. The van der Waals surface area contributed by atoms with Crippen molar-refractivity contribution in [3.8, 4) is 0 Å². The molecule has 2 atom stereocenters. The fourth-order valence-electron chi connectivity index (χ4n) is 3.90. The van der Waals surface area contributed by atoms with Crippen molar-refractivity contribution in [3.63, 3.8) is 0 Å². The third-order valence-electron chi connectivity index (χ3n) is 5.60. The molecule has 0 spiro atoms. The largest absolute Gasteiger partial charge is 0.326 e. The van der Waals surface area contributed by atoms with Crippen LogP contribution in [0.2, 0.25) is 15.1 Å². The van der Waals surface area contributed by atoms with E-state index in [-0.39, 0.29) is 11.7 Å². The van der Waals surface area contributed by atoms with Crippen molar-refractivity contribution >= 4 is 75.4 Å². The molecule has 0 radical (unpaired) electrons. The number of rotatable bonds is 7. The molecule has 1 saturated carbocycles. The minimum atomic E-state index is -1.29. The van der Waals surface area contributed by atoms with Crippen LogP contribution in [-0.4, -0.2) is 16.0 Å². The van der Waals surface area contributed by atoms with E-state index in [1.807, 2.05) is 30.3 Å². The molecule has 1 aliphatic rings. The summed E-state index contributed by atoms with van der Waals surface area (Å²) in [5.74, 6) is -1.65. The number of alkyl halides is 2. The molecule has 1 fully saturated rings. The van der Waals surface area contributed by atoms with Crippen LogP contribution in [-0.2, 0) is 11.2 Å². The number of aryl methyl sites for hydroxylation is 1. The highest BCUT2D eigenvalue weighted by molar-refractivity contribution is 6.53. The maximum atomic E-state index is 13.0. The van der Waals surface area contributed by atoms with Crippen LogP contribution >= 0.6 is 58.0 Å². The Morgan fingerprint density at radius 3 is 2.21 bits per heavy atom. The van der Waals surface area contributed by atoms with Gasteiger partial charge in [0.05, 0.1) is 10.9 Å². The van der Waals surface area contributed by atoms with E-state index in [0.29, 0.717) is 44.7 Å². The van der Waals surface area contributed by atoms with Gasteiger partial charge in [-0.1, -0.05) is 65.1 Å². The summed E-state index contributed by atoms with van der Waals surface area (Å²) in [5, 5.41) is 4.00. The van der Waals surface area contributed by atoms with E-state index >= 15 is 0 Å². The predicted octanol–water partition coefficient (Wildman–Crippen LogP) is 7.99. The third kappa shape index (κ3) is 5.50. The maximum absolute atomic E-state index is 13.0. The number of benzene rings is 3. The Kier molecular flexibility index (Phi) is 7.28. The standard InChI is InChI=1S/C25H18Cl5NO2/c26-16-10-15(11-17(27)12-16)22-23(25(22,29)30)24(33)31-18-7-8-20(28)19(13-18)21(32)9-6-14-4-2-1-3-5-14/h1-5,7-8,10-13,22-23H,6,9H2,(H,31,33). The minimum absolute atomic E-state index is 0.109. The molecule has 2 unspecified atom stereocenters. The van der Waals surface area contributed by atoms with Gasteiger partial charge in [0.1, 0.15) is 4.33 Å². The van der Waals surface area contributed by atoms with E-state index < -0.39 is 16.2 Å². The van der Waals surface area contributed by atoms with E-state index in [4.69, 9.17) is 58.0 Å². The van der Waals surface area contributed by atoms with Gasteiger partial charge in [-0.05, 0) is 53.9 Å². The number of amides is 1. The highest BCUT2D eigenvalue weighted by Gasteiger charge is 2.67. The number of nitrogens with one attached hydrogen (secondary N) is 1. The van der Waals surface area contributed by atoms with Crippen molar-refractivity contribution in [3.05, 3.63) is 98.5 Å². The van der Waals surface area contributed by atoms with Crippen LogP contribution in [0.15, 0.2) is 66.7 Å². The van der Waals surface area contributed by atoms with Gasteiger partial charge in [0.15, 0.2) is 5.78 Å². The number of carbonyl (C=O) groups excluding carboxylic acids is 2. The third-order valence-corrected chi connectivity index (χ3v) is 7.30. The second-order valence-electron chi connectivity index (χ2n) is 7.93. The summed E-state index contributed by atoms with van der Waals surface area (Å²) in [5.41, 5.74) is 2.53. The molecule has 0 heterocycles. The van der Waals surface area contributed by atoms with Crippen molar-refractivity contribution in [2.45, 2.75) is 23.1 Å². The van der Waals surface area contributed by atoms with Crippen molar-refractivity contribution in [1.82, 2.24) is 0 Å². The minimum Gasteiger partial charge on any atom is -0.326 e. The highest BCUT2D eigenvalue weighted by Crippen LogP contribution is 2.65. The first kappa shape index (κ1) is 24.4. The summed E-state index contributed by atoms with van der Waals surface area (Å²) < 4.78 is -1.29. The Balaban J connectivity index is 1.46. The second kappa shape index (κ2) is 9.85. The zero-order valence-electron chi connectivity index (χ0n) is 17.1. The van der Waals surface area contributed by atoms with Gasteiger partial charge in [0, 0.05) is 33.6 Å². The molecule has 0 aromatic heterocycles. The smallest absolute Gasteiger partial charge is 0.231 e. The van der Waals surface area contributed by atoms with Crippen LogP contribution in [0.25, 0.3) is 0 Å². The molecular formula is C25H18Cl5NO2. The number of Topliss-reactive ketones (excluding diaryl/α,β-unsaturated/α-hetero) is 1. The van der Waals surface area contributed by atoms with E-state index in [9.17, 15) is 9.59 Å². The lowest BCUT2D eigenvalue weighted by molar-refractivity contribution is -0.117. The SMILES string of the molecule is O=C(CCc1ccccc1)c1cc(NC(=O)C2C(c3cc(Cl)cc(Cl)c3)C2(Cl)Cl)ccc1Cl. The van der Waals surface area contributed by atoms with Gasteiger partial charge >= 0.3 is 0 Å². The van der Waals surface area contributed by atoms with Gasteiger partial charge in [-0.2, -0.15) is 0 Å². The summed E-state index contributed by atoms with van der Waals surface area (Å²) in [6.07, 6.45) is 0.896. The molecule has 1 N–H and O–H groups in total. The first-order chi connectivity index (χ1) is 15.7. The van der Waals surface area contributed by atoms with E-state index in [1.54, 1.807) is 36.4 Å². The summed E-state index contributed by atoms with van der Waals surface area (Å²) in [7, 11) is 0. The van der Waals surface area contributed by atoms with Crippen LogP contribution in [0.3, 0.4) is 0 Å². The molecule has 170 valence electrons. The van der Waals surface area contributed by atoms with Crippen LogP contribution in [0.4, 0.5) is 5.69 Å². The van der Waals surface area contributed by atoms with Crippen LogP contribution in [0.1, 0.15) is 33.8 Å². The number of ketones is 1. The Hall–Kier alpha value is -1.75. The van der Waals surface area contributed by atoms with Gasteiger partial charge in [-0.25, -0.2) is 0 Å². The summed E-state index contributed by atoms with van der Waals surface area (Å²) in [6.45, 7) is 0. The molecule has 33 heavy (non-hydrogen) atoms. The second-order valence-corrected chi connectivity index (χ2v) is 10.6. The quantitative estimate of drug-likeness (QED) is 0.243. The molecule has 1 aliphatic carbocycles. The normalized spacial score (nSPS) is 18.6. The molecule has 4 rings (SSSR count). The number of halogens is 5.